The van der Waals surface area contributed by atoms with E-state index in [1.165, 1.54) is 11.8 Å². The van der Waals surface area contributed by atoms with E-state index in [9.17, 15) is 4.79 Å². The van der Waals surface area contributed by atoms with E-state index in [2.05, 4.69) is 15.5 Å². The molecule has 0 aliphatic rings. The maximum Gasteiger partial charge on any atom is 0.210 e. The lowest BCUT2D eigenvalue weighted by molar-refractivity contribution is 0.0994. The summed E-state index contributed by atoms with van der Waals surface area (Å²) < 4.78 is 6.91. The fourth-order valence-corrected chi connectivity index (χ4v) is 2.84. The number of carbonyl (C=O) groups is 1. The number of ketones is 1. The van der Waals surface area contributed by atoms with E-state index < -0.39 is 0 Å². The summed E-state index contributed by atoms with van der Waals surface area (Å²) in [6, 6.07) is 12.9. The van der Waals surface area contributed by atoms with E-state index in [4.69, 9.17) is 4.42 Å². The lowest BCUT2D eigenvalue weighted by Gasteiger charge is -2.09. The summed E-state index contributed by atoms with van der Waals surface area (Å²) in [5.74, 6) is 0.814. The SMILES string of the molecule is CC(Sc1nnnn1Cc1ccco1)C(=O)c1ccccc1. The molecule has 2 heterocycles. The van der Waals surface area contributed by atoms with Gasteiger partial charge in [0, 0.05) is 5.56 Å². The average molecular weight is 314 g/mol. The first-order chi connectivity index (χ1) is 10.7. The van der Waals surface area contributed by atoms with Crippen molar-refractivity contribution in [1.29, 1.82) is 0 Å². The summed E-state index contributed by atoms with van der Waals surface area (Å²) >= 11 is 1.34. The Morgan fingerprint density at radius 1 is 1.27 bits per heavy atom. The standard InChI is InChI=1S/C15H14N4O2S/c1-11(14(20)12-6-3-2-4-7-12)22-15-16-17-18-19(15)10-13-8-5-9-21-13/h2-9,11H,10H2,1H3. The molecule has 112 valence electrons. The highest BCUT2D eigenvalue weighted by Crippen LogP contribution is 2.23. The van der Waals surface area contributed by atoms with Crippen molar-refractivity contribution in [2.45, 2.75) is 23.9 Å². The van der Waals surface area contributed by atoms with Crippen molar-refractivity contribution in [3.63, 3.8) is 0 Å². The van der Waals surface area contributed by atoms with Gasteiger partial charge in [0.1, 0.15) is 12.3 Å². The molecule has 0 aliphatic heterocycles. The minimum atomic E-state index is -0.274. The quantitative estimate of drug-likeness (QED) is 0.514. The van der Waals surface area contributed by atoms with Gasteiger partial charge in [-0.2, -0.15) is 0 Å². The number of hydrogen-bond donors (Lipinski definition) is 0. The van der Waals surface area contributed by atoms with Crippen molar-refractivity contribution >= 4 is 17.5 Å². The van der Waals surface area contributed by atoms with Crippen molar-refractivity contribution in [2.24, 2.45) is 0 Å². The number of furan rings is 1. The van der Waals surface area contributed by atoms with Crippen molar-refractivity contribution < 1.29 is 9.21 Å². The Bertz CT molecular complexity index is 740. The van der Waals surface area contributed by atoms with Crippen molar-refractivity contribution in [3.8, 4) is 0 Å². The molecule has 7 heteroatoms. The number of benzene rings is 1. The predicted octanol–water partition coefficient (Wildman–Crippen LogP) is 2.68. The molecule has 1 aromatic carbocycles. The summed E-state index contributed by atoms with van der Waals surface area (Å²) in [5, 5.41) is 11.9. The third kappa shape index (κ3) is 3.25. The lowest BCUT2D eigenvalue weighted by Crippen LogP contribution is -2.15. The molecule has 1 atom stereocenters. The van der Waals surface area contributed by atoms with Crippen LogP contribution in [0.25, 0.3) is 0 Å². The van der Waals surface area contributed by atoms with Crippen LogP contribution in [0.4, 0.5) is 0 Å². The number of aromatic nitrogens is 4. The molecule has 0 aliphatic carbocycles. The molecule has 0 saturated carbocycles. The normalized spacial score (nSPS) is 12.2. The zero-order chi connectivity index (χ0) is 15.4. The van der Waals surface area contributed by atoms with E-state index >= 15 is 0 Å². The van der Waals surface area contributed by atoms with Crippen LogP contribution in [0.1, 0.15) is 23.0 Å². The van der Waals surface area contributed by atoms with E-state index in [1.54, 1.807) is 10.9 Å². The molecule has 0 radical (unpaired) electrons. The second-order valence-electron chi connectivity index (χ2n) is 4.69. The molecule has 0 bridgehead atoms. The Hall–Kier alpha value is -2.41. The van der Waals surface area contributed by atoms with Gasteiger partial charge < -0.3 is 4.42 Å². The number of rotatable bonds is 6. The van der Waals surface area contributed by atoms with Gasteiger partial charge in [-0.1, -0.05) is 42.1 Å². The van der Waals surface area contributed by atoms with Crippen LogP contribution in [0.15, 0.2) is 58.3 Å². The zero-order valence-corrected chi connectivity index (χ0v) is 12.7. The smallest absolute Gasteiger partial charge is 0.210 e. The first-order valence-electron chi connectivity index (χ1n) is 6.78. The molecule has 3 aromatic rings. The molecular formula is C15H14N4O2S. The van der Waals surface area contributed by atoms with Crippen LogP contribution in [0.5, 0.6) is 0 Å². The molecule has 1 unspecified atom stereocenters. The highest BCUT2D eigenvalue weighted by atomic mass is 32.2. The van der Waals surface area contributed by atoms with E-state index in [0.29, 0.717) is 17.3 Å². The van der Waals surface area contributed by atoms with Gasteiger partial charge in [0.15, 0.2) is 5.78 Å². The van der Waals surface area contributed by atoms with E-state index in [1.807, 2.05) is 49.4 Å². The molecule has 3 rings (SSSR count). The summed E-state index contributed by atoms with van der Waals surface area (Å²) in [6.45, 7) is 2.29. The summed E-state index contributed by atoms with van der Waals surface area (Å²) in [7, 11) is 0. The van der Waals surface area contributed by atoms with Crippen molar-refractivity contribution in [3.05, 3.63) is 60.1 Å². The van der Waals surface area contributed by atoms with Crippen LogP contribution in [0.3, 0.4) is 0 Å². The third-order valence-corrected chi connectivity index (χ3v) is 4.17. The summed E-state index contributed by atoms with van der Waals surface area (Å²) in [5.41, 5.74) is 0.688. The highest BCUT2D eigenvalue weighted by molar-refractivity contribution is 8.00. The van der Waals surface area contributed by atoms with Crippen molar-refractivity contribution in [1.82, 2.24) is 20.2 Å². The van der Waals surface area contributed by atoms with Gasteiger partial charge in [0.2, 0.25) is 5.16 Å². The Morgan fingerprint density at radius 2 is 2.09 bits per heavy atom. The van der Waals surface area contributed by atoms with Gasteiger partial charge in [-0.25, -0.2) is 4.68 Å². The Kier molecular flexibility index (Phi) is 4.34. The molecule has 0 spiro atoms. The first kappa shape index (κ1) is 14.5. The minimum absolute atomic E-state index is 0.0538. The van der Waals surface area contributed by atoms with Crippen molar-refractivity contribution in [2.75, 3.05) is 0 Å². The molecular weight excluding hydrogens is 300 g/mol. The molecule has 2 aromatic heterocycles. The fourth-order valence-electron chi connectivity index (χ4n) is 1.98. The Morgan fingerprint density at radius 3 is 2.82 bits per heavy atom. The molecule has 0 N–H and O–H groups in total. The zero-order valence-electron chi connectivity index (χ0n) is 11.9. The maximum atomic E-state index is 12.4. The third-order valence-electron chi connectivity index (χ3n) is 3.09. The van der Waals surface area contributed by atoms with E-state index in [-0.39, 0.29) is 11.0 Å². The van der Waals surface area contributed by atoms with Crippen LogP contribution in [-0.2, 0) is 6.54 Å². The Labute approximate surface area is 131 Å². The van der Waals surface area contributed by atoms with Crippen LogP contribution in [-0.4, -0.2) is 31.2 Å². The lowest BCUT2D eigenvalue weighted by atomic mass is 10.1. The second kappa shape index (κ2) is 6.57. The van der Waals surface area contributed by atoms with Gasteiger partial charge in [-0.3, -0.25) is 4.79 Å². The molecule has 22 heavy (non-hydrogen) atoms. The first-order valence-corrected chi connectivity index (χ1v) is 7.66. The number of thioether (sulfide) groups is 1. The van der Waals surface area contributed by atoms with Crippen LogP contribution in [0, 0.1) is 0 Å². The predicted molar refractivity (Wildman–Crippen MR) is 81.7 cm³/mol. The van der Waals surface area contributed by atoms with E-state index in [0.717, 1.165) is 5.76 Å². The number of hydrogen-bond acceptors (Lipinski definition) is 6. The topological polar surface area (TPSA) is 73.8 Å². The van der Waals surface area contributed by atoms with Crippen LogP contribution in [0.2, 0.25) is 0 Å². The largest absolute Gasteiger partial charge is 0.467 e. The van der Waals surface area contributed by atoms with Gasteiger partial charge in [-0.05, 0) is 29.5 Å². The van der Waals surface area contributed by atoms with Gasteiger partial charge in [0.25, 0.3) is 0 Å². The molecule has 0 saturated heterocycles. The van der Waals surface area contributed by atoms with Crippen LogP contribution < -0.4 is 0 Å². The Balaban J connectivity index is 1.71. The number of carbonyl (C=O) groups excluding carboxylic acids is 1. The number of nitrogens with zero attached hydrogens (tertiary/aromatic N) is 4. The number of Topliss-reactive ketones (excluding diaryl/α,β-unsaturated/α-hetero) is 1. The maximum absolute atomic E-state index is 12.4. The molecule has 0 fully saturated rings. The average Bonchev–Trinajstić information content (AvgIpc) is 3.20. The number of tetrazole rings is 1. The van der Waals surface area contributed by atoms with Gasteiger partial charge >= 0.3 is 0 Å². The fraction of sp³-hybridized carbons (Fsp3) is 0.200. The monoisotopic (exact) mass is 314 g/mol. The summed E-state index contributed by atoms with van der Waals surface area (Å²) in [4.78, 5) is 12.4. The second-order valence-corrected chi connectivity index (χ2v) is 6.00. The molecule has 6 nitrogen and oxygen atoms in total. The minimum Gasteiger partial charge on any atom is -0.467 e. The highest BCUT2D eigenvalue weighted by Gasteiger charge is 2.20. The van der Waals surface area contributed by atoms with Gasteiger partial charge in [0.05, 0.1) is 11.5 Å². The molecule has 0 amide bonds. The van der Waals surface area contributed by atoms with Gasteiger partial charge in [-0.15, -0.1) is 5.10 Å². The summed E-state index contributed by atoms with van der Waals surface area (Å²) in [6.07, 6.45) is 1.61. The van der Waals surface area contributed by atoms with Crippen LogP contribution >= 0.6 is 11.8 Å².